The van der Waals surface area contributed by atoms with Crippen LogP contribution in [0.2, 0.25) is 0 Å². The highest BCUT2D eigenvalue weighted by Gasteiger charge is 2.16. The summed E-state index contributed by atoms with van der Waals surface area (Å²) in [7, 11) is 0. The molecule has 0 radical (unpaired) electrons. The minimum Gasteiger partial charge on any atom is -0.433 e. The fourth-order valence-corrected chi connectivity index (χ4v) is 1.81. The molecular weight excluding hydrogens is 254 g/mol. The Morgan fingerprint density at radius 2 is 2.11 bits per heavy atom. The standard InChI is InChI=1S/C12H14F2N4O/c1-2-5-9-11(15)16-17-18(9)8-6-3-4-7-10(8)19-12(13)14/h3-4,6-7,12H,2,5,15H2,1H3. The molecule has 0 saturated carbocycles. The second kappa shape index (κ2) is 5.64. The van der Waals surface area contributed by atoms with Gasteiger partial charge >= 0.3 is 6.61 Å². The van der Waals surface area contributed by atoms with E-state index in [4.69, 9.17) is 5.73 Å². The van der Waals surface area contributed by atoms with Crippen LogP contribution in [0.5, 0.6) is 5.75 Å². The predicted molar refractivity (Wildman–Crippen MR) is 66.4 cm³/mol. The van der Waals surface area contributed by atoms with Crippen LogP contribution in [0.25, 0.3) is 5.69 Å². The van der Waals surface area contributed by atoms with E-state index in [2.05, 4.69) is 15.0 Å². The Morgan fingerprint density at radius 1 is 1.37 bits per heavy atom. The molecule has 2 aromatic rings. The fourth-order valence-electron chi connectivity index (χ4n) is 1.81. The predicted octanol–water partition coefficient (Wildman–Crippen LogP) is 2.40. The van der Waals surface area contributed by atoms with E-state index < -0.39 is 6.61 Å². The van der Waals surface area contributed by atoms with Gasteiger partial charge in [0.15, 0.2) is 11.6 Å². The molecule has 0 saturated heterocycles. The van der Waals surface area contributed by atoms with Gasteiger partial charge in [-0.3, -0.25) is 0 Å². The van der Waals surface area contributed by atoms with Gasteiger partial charge in [0, 0.05) is 0 Å². The van der Waals surface area contributed by atoms with Crippen molar-refractivity contribution in [1.29, 1.82) is 0 Å². The summed E-state index contributed by atoms with van der Waals surface area (Å²) in [5.74, 6) is 0.341. The lowest BCUT2D eigenvalue weighted by Gasteiger charge is -2.11. The van der Waals surface area contributed by atoms with Crippen LogP contribution >= 0.6 is 0 Å². The Hall–Kier alpha value is -2.18. The topological polar surface area (TPSA) is 66.0 Å². The minimum atomic E-state index is -2.89. The second-order valence-electron chi connectivity index (χ2n) is 3.93. The smallest absolute Gasteiger partial charge is 0.387 e. The summed E-state index contributed by atoms with van der Waals surface area (Å²) in [6.07, 6.45) is 1.50. The van der Waals surface area contributed by atoms with E-state index in [0.29, 0.717) is 23.6 Å². The summed E-state index contributed by atoms with van der Waals surface area (Å²) in [5.41, 5.74) is 6.82. The number of para-hydroxylation sites is 2. The van der Waals surface area contributed by atoms with Crippen LogP contribution in [-0.2, 0) is 6.42 Å². The molecule has 0 fully saturated rings. The zero-order chi connectivity index (χ0) is 13.8. The van der Waals surface area contributed by atoms with Crippen LogP contribution in [0.3, 0.4) is 0 Å². The van der Waals surface area contributed by atoms with Crippen molar-refractivity contribution < 1.29 is 13.5 Å². The van der Waals surface area contributed by atoms with Gasteiger partial charge in [-0.25, -0.2) is 4.68 Å². The maximum absolute atomic E-state index is 12.4. The normalized spacial score (nSPS) is 10.9. The lowest BCUT2D eigenvalue weighted by atomic mass is 10.2. The molecule has 19 heavy (non-hydrogen) atoms. The van der Waals surface area contributed by atoms with Gasteiger partial charge in [0.25, 0.3) is 0 Å². The molecular formula is C12H14F2N4O. The third kappa shape index (κ3) is 2.81. The third-order valence-electron chi connectivity index (χ3n) is 2.59. The number of hydrogen-bond acceptors (Lipinski definition) is 4. The summed E-state index contributed by atoms with van der Waals surface area (Å²) in [4.78, 5) is 0. The average molecular weight is 268 g/mol. The zero-order valence-corrected chi connectivity index (χ0v) is 10.4. The van der Waals surface area contributed by atoms with E-state index in [1.54, 1.807) is 18.2 Å². The van der Waals surface area contributed by atoms with Crippen LogP contribution in [0.1, 0.15) is 19.0 Å². The van der Waals surface area contributed by atoms with Crippen LogP contribution in [0.4, 0.5) is 14.6 Å². The van der Waals surface area contributed by atoms with E-state index in [0.717, 1.165) is 6.42 Å². The molecule has 0 atom stereocenters. The van der Waals surface area contributed by atoms with Gasteiger partial charge in [-0.2, -0.15) is 8.78 Å². The van der Waals surface area contributed by atoms with Crippen molar-refractivity contribution in [3.05, 3.63) is 30.0 Å². The Labute approximate surface area is 109 Å². The summed E-state index contributed by atoms with van der Waals surface area (Å²) < 4.78 is 30.7. The highest BCUT2D eigenvalue weighted by atomic mass is 19.3. The third-order valence-corrected chi connectivity index (χ3v) is 2.59. The van der Waals surface area contributed by atoms with Crippen LogP contribution in [-0.4, -0.2) is 21.6 Å². The maximum Gasteiger partial charge on any atom is 0.387 e. The summed E-state index contributed by atoms with van der Waals surface area (Å²) in [5, 5.41) is 7.67. The first-order valence-electron chi connectivity index (χ1n) is 5.87. The first-order valence-corrected chi connectivity index (χ1v) is 5.87. The van der Waals surface area contributed by atoms with Crippen molar-refractivity contribution in [2.24, 2.45) is 0 Å². The first-order chi connectivity index (χ1) is 9.13. The fraction of sp³-hybridized carbons (Fsp3) is 0.333. The van der Waals surface area contributed by atoms with Crippen LogP contribution in [0, 0.1) is 0 Å². The molecule has 0 unspecified atom stereocenters. The molecule has 0 aliphatic heterocycles. The number of benzene rings is 1. The largest absolute Gasteiger partial charge is 0.433 e. The molecule has 5 nitrogen and oxygen atoms in total. The molecule has 2 N–H and O–H groups in total. The number of nitrogens with zero attached hydrogens (tertiary/aromatic N) is 3. The van der Waals surface area contributed by atoms with Crippen molar-refractivity contribution in [2.75, 3.05) is 5.73 Å². The summed E-state index contributed by atoms with van der Waals surface area (Å²) >= 11 is 0. The van der Waals surface area contributed by atoms with E-state index in [9.17, 15) is 8.78 Å². The van der Waals surface area contributed by atoms with E-state index in [-0.39, 0.29) is 5.75 Å². The number of alkyl halides is 2. The minimum absolute atomic E-state index is 0.0414. The average Bonchev–Trinajstić information content (AvgIpc) is 2.72. The lowest BCUT2D eigenvalue weighted by Crippen LogP contribution is -2.09. The SMILES string of the molecule is CCCc1c(N)nnn1-c1ccccc1OC(F)F. The Bertz CT molecular complexity index is 556. The van der Waals surface area contributed by atoms with Crippen molar-refractivity contribution in [3.63, 3.8) is 0 Å². The van der Waals surface area contributed by atoms with E-state index in [1.807, 2.05) is 6.92 Å². The first kappa shape index (κ1) is 13.3. The Balaban J connectivity index is 2.46. The highest BCUT2D eigenvalue weighted by Crippen LogP contribution is 2.26. The number of hydrogen-bond donors (Lipinski definition) is 1. The van der Waals surface area contributed by atoms with Crippen LogP contribution < -0.4 is 10.5 Å². The van der Waals surface area contributed by atoms with Crippen molar-refractivity contribution in [1.82, 2.24) is 15.0 Å². The van der Waals surface area contributed by atoms with Gasteiger partial charge < -0.3 is 10.5 Å². The number of ether oxygens (including phenoxy) is 1. The molecule has 0 aliphatic rings. The second-order valence-corrected chi connectivity index (χ2v) is 3.93. The Morgan fingerprint density at radius 3 is 2.79 bits per heavy atom. The van der Waals surface area contributed by atoms with Gasteiger partial charge in [0.2, 0.25) is 0 Å². The van der Waals surface area contributed by atoms with Gasteiger partial charge in [0.1, 0.15) is 5.69 Å². The summed E-state index contributed by atoms with van der Waals surface area (Å²) in [6.45, 7) is -0.908. The molecule has 0 bridgehead atoms. The highest BCUT2D eigenvalue weighted by molar-refractivity contribution is 5.49. The molecule has 1 aromatic heterocycles. The van der Waals surface area contributed by atoms with Gasteiger partial charge in [0.05, 0.1) is 5.69 Å². The molecule has 2 rings (SSSR count). The van der Waals surface area contributed by atoms with Crippen molar-refractivity contribution >= 4 is 5.82 Å². The van der Waals surface area contributed by atoms with Gasteiger partial charge in [-0.15, -0.1) is 5.10 Å². The molecule has 0 spiro atoms. The quantitative estimate of drug-likeness (QED) is 0.904. The molecule has 7 heteroatoms. The molecule has 102 valence electrons. The van der Waals surface area contributed by atoms with Crippen LogP contribution in [0.15, 0.2) is 24.3 Å². The zero-order valence-electron chi connectivity index (χ0n) is 10.4. The Kier molecular flexibility index (Phi) is 3.94. The van der Waals surface area contributed by atoms with Crippen molar-refractivity contribution in [3.8, 4) is 11.4 Å². The monoisotopic (exact) mass is 268 g/mol. The number of nitrogens with two attached hydrogens (primary N) is 1. The van der Waals surface area contributed by atoms with Crippen molar-refractivity contribution in [2.45, 2.75) is 26.4 Å². The van der Waals surface area contributed by atoms with E-state index >= 15 is 0 Å². The molecule has 0 aliphatic carbocycles. The molecule has 1 aromatic carbocycles. The number of anilines is 1. The summed E-state index contributed by atoms with van der Waals surface area (Å²) in [6, 6.07) is 6.41. The molecule has 1 heterocycles. The molecule has 0 amide bonds. The van der Waals surface area contributed by atoms with E-state index in [1.165, 1.54) is 10.7 Å². The number of aromatic nitrogens is 3. The number of nitrogen functional groups attached to an aromatic ring is 1. The van der Waals surface area contributed by atoms with Gasteiger partial charge in [-0.1, -0.05) is 30.7 Å². The number of halogens is 2. The lowest BCUT2D eigenvalue weighted by molar-refractivity contribution is -0.0499. The maximum atomic E-state index is 12.4. The van der Waals surface area contributed by atoms with Gasteiger partial charge in [-0.05, 0) is 18.6 Å². The number of rotatable bonds is 5.